The van der Waals surface area contributed by atoms with Crippen LogP contribution >= 0.6 is 15.9 Å². The maximum atomic E-state index is 11.6. The van der Waals surface area contributed by atoms with Gasteiger partial charge in [-0.05, 0) is 47.0 Å². The molecule has 2 nitrogen and oxygen atoms in total. The van der Waals surface area contributed by atoms with Crippen molar-refractivity contribution >= 4 is 21.8 Å². The lowest BCUT2D eigenvalue weighted by atomic mass is 10.1. The summed E-state index contributed by atoms with van der Waals surface area (Å²) in [6.45, 7) is 4.75. The van der Waals surface area contributed by atoms with Crippen LogP contribution in [-0.2, 0) is 0 Å². The highest BCUT2D eigenvalue weighted by atomic mass is 79.9. The summed E-state index contributed by atoms with van der Waals surface area (Å²) in [6, 6.07) is 5.72. The topological polar surface area (TPSA) is 29.1 Å². The molecule has 1 aromatic rings. The molecular formula is C11H14BrNO. The van der Waals surface area contributed by atoms with Crippen LogP contribution in [0.3, 0.4) is 0 Å². The van der Waals surface area contributed by atoms with Crippen LogP contribution in [0.25, 0.3) is 0 Å². The molecule has 1 rings (SSSR count). The first-order valence-electron chi connectivity index (χ1n) is 4.69. The van der Waals surface area contributed by atoms with Crippen LogP contribution in [0.5, 0.6) is 0 Å². The summed E-state index contributed by atoms with van der Waals surface area (Å²) in [5.41, 5.74) is 1.84. The Hall–Kier alpha value is -0.830. The molecule has 0 aliphatic heterocycles. The van der Waals surface area contributed by atoms with Gasteiger partial charge < -0.3 is 5.32 Å². The summed E-state index contributed by atoms with van der Waals surface area (Å²) in [6.07, 6.45) is 0.954. The minimum absolute atomic E-state index is 0.0151. The molecule has 14 heavy (non-hydrogen) atoms. The largest absolute Gasteiger partial charge is 0.352 e. The van der Waals surface area contributed by atoms with Crippen molar-refractivity contribution in [2.75, 3.05) is 6.54 Å². The van der Waals surface area contributed by atoms with Gasteiger partial charge in [0, 0.05) is 11.0 Å². The standard InChI is InChI=1S/C11H14BrNO/c1-3-6-13-11(14)9-5-4-8(2)7-10(9)12/h4-5,7H,3,6H2,1-2H3,(H,13,14). The van der Waals surface area contributed by atoms with Crippen molar-refractivity contribution < 1.29 is 4.79 Å². The second-order valence-electron chi connectivity index (χ2n) is 3.24. The van der Waals surface area contributed by atoms with E-state index in [0.29, 0.717) is 5.56 Å². The van der Waals surface area contributed by atoms with Gasteiger partial charge in [-0.3, -0.25) is 4.79 Å². The van der Waals surface area contributed by atoms with E-state index < -0.39 is 0 Å². The highest BCUT2D eigenvalue weighted by molar-refractivity contribution is 9.10. The summed E-state index contributed by atoms with van der Waals surface area (Å²) in [5.74, 6) is -0.0151. The maximum absolute atomic E-state index is 11.6. The first kappa shape index (κ1) is 11.2. The number of carbonyl (C=O) groups excluding carboxylic acids is 1. The Bertz CT molecular complexity index is 336. The van der Waals surface area contributed by atoms with Gasteiger partial charge in [0.1, 0.15) is 0 Å². The molecule has 0 aliphatic carbocycles. The Labute approximate surface area is 92.8 Å². The predicted octanol–water partition coefficient (Wildman–Crippen LogP) is 2.90. The van der Waals surface area contributed by atoms with Gasteiger partial charge in [0.05, 0.1) is 5.56 Å². The Morgan fingerprint density at radius 3 is 2.79 bits per heavy atom. The molecule has 0 heterocycles. The second kappa shape index (κ2) is 5.15. The third kappa shape index (κ3) is 2.84. The van der Waals surface area contributed by atoms with Gasteiger partial charge >= 0.3 is 0 Å². The molecule has 3 heteroatoms. The van der Waals surface area contributed by atoms with Crippen molar-refractivity contribution in [2.45, 2.75) is 20.3 Å². The van der Waals surface area contributed by atoms with Crippen molar-refractivity contribution in [3.8, 4) is 0 Å². The fourth-order valence-electron chi connectivity index (χ4n) is 1.14. The number of amides is 1. The summed E-state index contributed by atoms with van der Waals surface area (Å²) in [7, 11) is 0. The maximum Gasteiger partial charge on any atom is 0.252 e. The van der Waals surface area contributed by atoms with Crippen LogP contribution in [0.1, 0.15) is 29.3 Å². The Kier molecular flexibility index (Phi) is 4.14. The summed E-state index contributed by atoms with van der Waals surface area (Å²) in [5, 5.41) is 2.84. The highest BCUT2D eigenvalue weighted by Gasteiger charge is 2.08. The van der Waals surface area contributed by atoms with Gasteiger partial charge in [0.15, 0.2) is 0 Å². The molecule has 1 N–H and O–H groups in total. The summed E-state index contributed by atoms with van der Waals surface area (Å²) < 4.78 is 0.853. The van der Waals surface area contributed by atoms with Gasteiger partial charge in [-0.25, -0.2) is 0 Å². The number of hydrogen-bond donors (Lipinski definition) is 1. The van der Waals surface area contributed by atoms with Crippen LogP contribution in [0, 0.1) is 6.92 Å². The highest BCUT2D eigenvalue weighted by Crippen LogP contribution is 2.17. The van der Waals surface area contributed by atoms with E-state index in [0.717, 1.165) is 23.0 Å². The normalized spacial score (nSPS) is 9.93. The minimum Gasteiger partial charge on any atom is -0.352 e. The molecule has 0 saturated heterocycles. The smallest absolute Gasteiger partial charge is 0.252 e. The van der Waals surface area contributed by atoms with Gasteiger partial charge in [-0.1, -0.05) is 13.0 Å². The summed E-state index contributed by atoms with van der Waals surface area (Å²) >= 11 is 3.38. The Balaban J connectivity index is 2.80. The predicted molar refractivity (Wildman–Crippen MR) is 61.5 cm³/mol. The lowest BCUT2D eigenvalue weighted by Gasteiger charge is -2.06. The number of hydrogen-bond acceptors (Lipinski definition) is 1. The van der Waals surface area contributed by atoms with Crippen molar-refractivity contribution in [1.82, 2.24) is 5.32 Å². The van der Waals surface area contributed by atoms with E-state index in [1.54, 1.807) is 0 Å². The quantitative estimate of drug-likeness (QED) is 0.885. The zero-order valence-electron chi connectivity index (χ0n) is 8.43. The lowest BCUT2D eigenvalue weighted by Crippen LogP contribution is -2.24. The molecule has 0 aliphatic rings. The third-order valence-electron chi connectivity index (χ3n) is 1.90. The van der Waals surface area contributed by atoms with Crippen molar-refractivity contribution in [2.24, 2.45) is 0 Å². The fraction of sp³-hybridized carbons (Fsp3) is 0.364. The van der Waals surface area contributed by atoms with Crippen LogP contribution in [0.15, 0.2) is 22.7 Å². The summed E-state index contributed by atoms with van der Waals surface area (Å²) in [4.78, 5) is 11.6. The Morgan fingerprint density at radius 1 is 1.50 bits per heavy atom. The van der Waals surface area contributed by atoms with Gasteiger partial charge in [-0.2, -0.15) is 0 Å². The molecule has 0 bridgehead atoms. The number of benzene rings is 1. The number of rotatable bonds is 3. The average molecular weight is 256 g/mol. The minimum atomic E-state index is -0.0151. The molecular weight excluding hydrogens is 242 g/mol. The van der Waals surface area contributed by atoms with E-state index in [-0.39, 0.29) is 5.91 Å². The molecule has 0 fully saturated rings. The second-order valence-corrected chi connectivity index (χ2v) is 4.09. The molecule has 0 unspecified atom stereocenters. The average Bonchev–Trinajstić information content (AvgIpc) is 2.14. The zero-order valence-corrected chi connectivity index (χ0v) is 10.0. The van der Waals surface area contributed by atoms with E-state index in [1.807, 2.05) is 32.0 Å². The monoisotopic (exact) mass is 255 g/mol. The van der Waals surface area contributed by atoms with Crippen LogP contribution in [0.4, 0.5) is 0 Å². The number of halogens is 1. The van der Waals surface area contributed by atoms with E-state index in [1.165, 1.54) is 0 Å². The molecule has 0 saturated carbocycles. The number of aryl methyl sites for hydroxylation is 1. The zero-order chi connectivity index (χ0) is 10.6. The lowest BCUT2D eigenvalue weighted by molar-refractivity contribution is 0.0953. The first-order chi connectivity index (χ1) is 6.65. The van der Waals surface area contributed by atoms with Gasteiger partial charge in [0.25, 0.3) is 5.91 Å². The van der Waals surface area contributed by atoms with Crippen molar-refractivity contribution in [3.05, 3.63) is 33.8 Å². The van der Waals surface area contributed by atoms with Crippen LogP contribution in [0.2, 0.25) is 0 Å². The molecule has 1 amide bonds. The molecule has 0 spiro atoms. The molecule has 76 valence electrons. The van der Waals surface area contributed by atoms with Gasteiger partial charge in [0.2, 0.25) is 0 Å². The molecule has 0 aromatic heterocycles. The van der Waals surface area contributed by atoms with E-state index in [2.05, 4.69) is 21.2 Å². The van der Waals surface area contributed by atoms with E-state index in [4.69, 9.17) is 0 Å². The van der Waals surface area contributed by atoms with Crippen molar-refractivity contribution in [3.63, 3.8) is 0 Å². The van der Waals surface area contributed by atoms with E-state index in [9.17, 15) is 4.79 Å². The number of carbonyl (C=O) groups is 1. The number of nitrogens with one attached hydrogen (secondary N) is 1. The molecule has 1 aromatic carbocycles. The molecule has 0 radical (unpaired) electrons. The molecule has 0 atom stereocenters. The Morgan fingerprint density at radius 2 is 2.21 bits per heavy atom. The van der Waals surface area contributed by atoms with Crippen molar-refractivity contribution in [1.29, 1.82) is 0 Å². The van der Waals surface area contributed by atoms with Crippen LogP contribution in [-0.4, -0.2) is 12.5 Å². The van der Waals surface area contributed by atoms with E-state index >= 15 is 0 Å². The SMILES string of the molecule is CCCNC(=O)c1ccc(C)cc1Br. The van der Waals surface area contributed by atoms with Crippen LogP contribution < -0.4 is 5.32 Å². The fourth-order valence-corrected chi connectivity index (χ4v) is 1.81. The third-order valence-corrected chi connectivity index (χ3v) is 2.56. The van der Waals surface area contributed by atoms with Gasteiger partial charge in [-0.15, -0.1) is 0 Å². The first-order valence-corrected chi connectivity index (χ1v) is 5.48.